The standard InChI is InChI=1S/C21H24N4O2S2/c1-12-8-13(2)11-24(10-12)18-15(9-16-20(27)23(4)21(28)29-16)19(26)25-7-5-6-14(3)17(25)22-18/h5-7,9,12-13H,8,10-11H2,1-4H3/b16-9+. The highest BCUT2D eigenvalue weighted by Gasteiger charge is 2.31. The Hall–Kier alpha value is -2.19. The Morgan fingerprint density at radius 2 is 1.93 bits per heavy atom. The quantitative estimate of drug-likeness (QED) is 0.540. The predicted molar refractivity (Wildman–Crippen MR) is 122 cm³/mol. The van der Waals surface area contributed by atoms with Crippen LogP contribution in [-0.4, -0.2) is 44.6 Å². The molecule has 2 aliphatic rings. The maximum Gasteiger partial charge on any atom is 0.267 e. The molecule has 0 bridgehead atoms. The second-order valence-electron chi connectivity index (χ2n) is 8.13. The maximum atomic E-state index is 13.4. The van der Waals surface area contributed by atoms with E-state index in [9.17, 15) is 9.59 Å². The number of aryl methyl sites for hydroxylation is 1. The van der Waals surface area contributed by atoms with Crippen LogP contribution in [0.5, 0.6) is 0 Å². The molecule has 29 heavy (non-hydrogen) atoms. The van der Waals surface area contributed by atoms with E-state index in [0.29, 0.717) is 38.1 Å². The van der Waals surface area contributed by atoms with Gasteiger partial charge in [0.2, 0.25) is 0 Å². The molecule has 4 heterocycles. The van der Waals surface area contributed by atoms with Gasteiger partial charge in [-0.15, -0.1) is 0 Å². The summed E-state index contributed by atoms with van der Waals surface area (Å²) in [6, 6.07) is 3.79. The Kier molecular flexibility index (Phi) is 5.25. The van der Waals surface area contributed by atoms with E-state index in [1.54, 1.807) is 23.7 Å². The molecule has 0 saturated carbocycles. The monoisotopic (exact) mass is 428 g/mol. The smallest absolute Gasteiger partial charge is 0.267 e. The minimum absolute atomic E-state index is 0.166. The largest absolute Gasteiger partial charge is 0.355 e. The summed E-state index contributed by atoms with van der Waals surface area (Å²) in [5, 5.41) is 0. The van der Waals surface area contributed by atoms with Crippen LogP contribution < -0.4 is 10.5 Å². The number of thiocarbonyl (C=S) groups is 1. The number of thioether (sulfide) groups is 1. The lowest BCUT2D eigenvalue weighted by molar-refractivity contribution is -0.121. The maximum absolute atomic E-state index is 13.4. The lowest BCUT2D eigenvalue weighted by Crippen LogP contribution is -2.40. The number of fused-ring (bicyclic) bond motifs is 1. The van der Waals surface area contributed by atoms with Gasteiger partial charge in [-0.25, -0.2) is 4.98 Å². The molecule has 0 spiro atoms. The average Bonchev–Trinajstić information content (AvgIpc) is 2.90. The van der Waals surface area contributed by atoms with Crippen LogP contribution in [0.4, 0.5) is 5.82 Å². The first-order chi connectivity index (χ1) is 13.8. The molecule has 2 aliphatic heterocycles. The zero-order chi connectivity index (χ0) is 20.9. The van der Waals surface area contributed by atoms with Crippen LogP contribution in [0.1, 0.15) is 31.4 Å². The fourth-order valence-electron chi connectivity index (χ4n) is 4.18. The van der Waals surface area contributed by atoms with Gasteiger partial charge in [-0.1, -0.05) is 43.9 Å². The van der Waals surface area contributed by atoms with Gasteiger partial charge in [0.25, 0.3) is 11.5 Å². The summed E-state index contributed by atoms with van der Waals surface area (Å²) in [5.74, 6) is 1.50. The third kappa shape index (κ3) is 3.59. The van der Waals surface area contributed by atoms with Crippen molar-refractivity contribution in [3.05, 3.63) is 44.7 Å². The van der Waals surface area contributed by atoms with Crippen LogP contribution in [0, 0.1) is 18.8 Å². The number of hydrogen-bond donors (Lipinski definition) is 0. The fourth-order valence-corrected chi connectivity index (χ4v) is 5.34. The molecule has 2 fully saturated rings. The Morgan fingerprint density at radius 3 is 2.55 bits per heavy atom. The third-order valence-electron chi connectivity index (χ3n) is 5.49. The number of carbonyl (C=O) groups excluding carboxylic acids is 1. The van der Waals surface area contributed by atoms with Crippen molar-refractivity contribution in [1.82, 2.24) is 14.3 Å². The molecule has 8 heteroatoms. The summed E-state index contributed by atoms with van der Waals surface area (Å²) < 4.78 is 2.06. The summed E-state index contributed by atoms with van der Waals surface area (Å²) in [6.45, 7) is 8.09. The summed E-state index contributed by atoms with van der Waals surface area (Å²) in [7, 11) is 1.66. The molecular formula is C21H24N4O2S2. The van der Waals surface area contributed by atoms with E-state index in [4.69, 9.17) is 17.2 Å². The van der Waals surface area contributed by atoms with E-state index < -0.39 is 0 Å². The van der Waals surface area contributed by atoms with Gasteiger partial charge in [-0.3, -0.25) is 18.9 Å². The highest BCUT2D eigenvalue weighted by atomic mass is 32.2. The van der Waals surface area contributed by atoms with Gasteiger partial charge in [0, 0.05) is 26.3 Å². The molecule has 2 aromatic rings. The lowest BCUT2D eigenvalue weighted by Gasteiger charge is -2.36. The van der Waals surface area contributed by atoms with E-state index in [2.05, 4.69) is 18.7 Å². The number of piperidine rings is 1. The summed E-state index contributed by atoms with van der Waals surface area (Å²) in [4.78, 5) is 35.0. The summed E-state index contributed by atoms with van der Waals surface area (Å²) in [5.41, 5.74) is 1.87. The molecule has 4 rings (SSSR count). The number of carbonyl (C=O) groups is 1. The number of rotatable bonds is 2. The van der Waals surface area contributed by atoms with Crippen LogP contribution in [0.2, 0.25) is 0 Å². The molecule has 2 unspecified atom stereocenters. The number of anilines is 1. The minimum atomic E-state index is -0.180. The van der Waals surface area contributed by atoms with E-state index in [1.165, 1.54) is 16.7 Å². The number of likely N-dealkylation sites (N-methyl/N-ethyl adjacent to an activating group) is 1. The van der Waals surface area contributed by atoms with Crippen molar-refractivity contribution < 1.29 is 4.79 Å². The van der Waals surface area contributed by atoms with Gasteiger partial charge in [0.05, 0.1) is 10.5 Å². The van der Waals surface area contributed by atoms with Gasteiger partial charge in [0.1, 0.15) is 15.8 Å². The van der Waals surface area contributed by atoms with E-state index >= 15 is 0 Å². The van der Waals surface area contributed by atoms with Gasteiger partial charge >= 0.3 is 0 Å². The van der Waals surface area contributed by atoms with Crippen molar-refractivity contribution in [3.63, 3.8) is 0 Å². The third-order valence-corrected chi connectivity index (χ3v) is 6.98. The number of nitrogens with zero attached hydrogens (tertiary/aromatic N) is 4. The van der Waals surface area contributed by atoms with E-state index in [0.717, 1.165) is 25.1 Å². The topological polar surface area (TPSA) is 57.9 Å². The van der Waals surface area contributed by atoms with Crippen molar-refractivity contribution in [2.75, 3.05) is 25.0 Å². The first kappa shape index (κ1) is 20.1. The molecule has 0 aliphatic carbocycles. The highest BCUT2D eigenvalue weighted by molar-refractivity contribution is 8.26. The Morgan fingerprint density at radius 1 is 1.24 bits per heavy atom. The van der Waals surface area contributed by atoms with Crippen molar-refractivity contribution in [3.8, 4) is 0 Å². The van der Waals surface area contributed by atoms with Crippen LogP contribution in [-0.2, 0) is 4.79 Å². The molecule has 152 valence electrons. The van der Waals surface area contributed by atoms with Crippen LogP contribution in [0.15, 0.2) is 28.0 Å². The van der Waals surface area contributed by atoms with Gasteiger partial charge in [-0.2, -0.15) is 0 Å². The minimum Gasteiger partial charge on any atom is -0.355 e. The Balaban J connectivity index is 1.94. The molecule has 2 aromatic heterocycles. The molecule has 6 nitrogen and oxygen atoms in total. The second-order valence-corrected chi connectivity index (χ2v) is 9.81. The van der Waals surface area contributed by atoms with Crippen molar-refractivity contribution in [1.29, 1.82) is 0 Å². The normalized spacial score (nSPS) is 24.2. The number of aromatic nitrogens is 2. The van der Waals surface area contributed by atoms with Gasteiger partial charge in [-0.05, 0) is 42.9 Å². The molecule has 0 N–H and O–H groups in total. The molecule has 1 amide bonds. The highest BCUT2D eigenvalue weighted by Crippen LogP contribution is 2.33. The summed E-state index contributed by atoms with van der Waals surface area (Å²) >= 11 is 6.47. The van der Waals surface area contributed by atoms with Crippen LogP contribution in [0.3, 0.4) is 0 Å². The molecule has 0 radical (unpaired) electrons. The second kappa shape index (κ2) is 7.57. The van der Waals surface area contributed by atoms with E-state index in [-0.39, 0.29) is 11.5 Å². The lowest BCUT2D eigenvalue weighted by atomic mass is 9.91. The molecule has 2 atom stereocenters. The first-order valence-corrected chi connectivity index (χ1v) is 11.0. The zero-order valence-electron chi connectivity index (χ0n) is 17.0. The van der Waals surface area contributed by atoms with Crippen molar-refractivity contribution in [2.45, 2.75) is 27.2 Å². The number of pyridine rings is 1. The average molecular weight is 429 g/mol. The van der Waals surface area contributed by atoms with Gasteiger partial charge in [0.15, 0.2) is 0 Å². The van der Waals surface area contributed by atoms with E-state index in [1.807, 2.05) is 19.1 Å². The first-order valence-electron chi connectivity index (χ1n) is 9.74. The van der Waals surface area contributed by atoms with Crippen LogP contribution >= 0.6 is 24.0 Å². The number of hydrogen-bond acceptors (Lipinski definition) is 6. The fraction of sp³-hybridized carbons (Fsp3) is 0.429. The summed E-state index contributed by atoms with van der Waals surface area (Å²) in [6.07, 6.45) is 4.56. The van der Waals surface area contributed by atoms with Crippen LogP contribution in [0.25, 0.3) is 11.7 Å². The number of amides is 1. The van der Waals surface area contributed by atoms with Crippen molar-refractivity contribution >= 4 is 51.7 Å². The molecule has 2 saturated heterocycles. The predicted octanol–water partition coefficient (Wildman–Crippen LogP) is 3.32. The Bertz CT molecular complexity index is 1100. The van der Waals surface area contributed by atoms with Gasteiger partial charge < -0.3 is 4.90 Å². The molecule has 0 aromatic carbocycles. The SMILES string of the molecule is Cc1cccn2c(=O)c(/C=C3/SC(=S)N(C)C3=O)c(N3CC(C)CC(C)C3)nc12. The Labute approximate surface area is 179 Å². The molecular weight excluding hydrogens is 404 g/mol. The van der Waals surface area contributed by atoms with Crippen molar-refractivity contribution in [2.24, 2.45) is 11.8 Å². The zero-order valence-corrected chi connectivity index (χ0v) is 18.6.